The molecule has 1 saturated heterocycles. The van der Waals surface area contributed by atoms with Crippen LogP contribution in [-0.2, 0) is 4.79 Å². The number of nitrogens with two attached hydrogens (primary N) is 1. The van der Waals surface area contributed by atoms with Crippen LogP contribution in [-0.4, -0.2) is 29.8 Å². The van der Waals surface area contributed by atoms with E-state index in [0.717, 1.165) is 17.9 Å². The molecule has 2 aromatic rings. The average Bonchev–Trinajstić information content (AvgIpc) is 2.67. The number of benzene rings is 2. The highest BCUT2D eigenvalue weighted by Crippen LogP contribution is 2.33. The van der Waals surface area contributed by atoms with Gasteiger partial charge in [0.1, 0.15) is 0 Å². The summed E-state index contributed by atoms with van der Waals surface area (Å²) in [5, 5.41) is 1.12. The van der Waals surface area contributed by atoms with Crippen molar-refractivity contribution in [1.29, 1.82) is 0 Å². The third-order valence-electron chi connectivity index (χ3n) is 5.27. The minimum atomic E-state index is -0.575. The molecular formula is C21H22Cl2N2O2. The van der Waals surface area contributed by atoms with Crippen molar-refractivity contribution in [3.8, 4) is 0 Å². The van der Waals surface area contributed by atoms with E-state index in [9.17, 15) is 9.59 Å². The Hall–Kier alpha value is -2.04. The van der Waals surface area contributed by atoms with Gasteiger partial charge >= 0.3 is 0 Å². The van der Waals surface area contributed by atoms with Crippen LogP contribution >= 0.6 is 23.2 Å². The molecule has 0 spiro atoms. The van der Waals surface area contributed by atoms with Crippen LogP contribution in [0.5, 0.6) is 0 Å². The van der Waals surface area contributed by atoms with Gasteiger partial charge in [0.15, 0.2) is 0 Å². The van der Waals surface area contributed by atoms with Gasteiger partial charge in [0, 0.05) is 28.7 Å². The molecule has 1 unspecified atom stereocenters. The van der Waals surface area contributed by atoms with E-state index in [4.69, 9.17) is 28.9 Å². The zero-order valence-electron chi connectivity index (χ0n) is 15.1. The third kappa shape index (κ3) is 4.28. The first-order valence-corrected chi connectivity index (χ1v) is 9.76. The van der Waals surface area contributed by atoms with Gasteiger partial charge in [-0.15, -0.1) is 0 Å². The first kappa shape index (κ1) is 19.7. The zero-order valence-corrected chi connectivity index (χ0v) is 16.6. The van der Waals surface area contributed by atoms with Crippen LogP contribution in [0.4, 0.5) is 0 Å². The van der Waals surface area contributed by atoms with Crippen molar-refractivity contribution < 1.29 is 9.59 Å². The van der Waals surface area contributed by atoms with Gasteiger partial charge in [-0.25, -0.2) is 0 Å². The fourth-order valence-electron chi connectivity index (χ4n) is 3.76. The maximum atomic E-state index is 13.0. The minimum Gasteiger partial charge on any atom is -0.366 e. The van der Waals surface area contributed by atoms with Gasteiger partial charge in [-0.1, -0.05) is 41.4 Å². The monoisotopic (exact) mass is 404 g/mol. The maximum Gasteiger partial charge on any atom is 0.249 e. The standard InChI is InChI=1S/C21H22Cl2N2O2/c1-13(19-17(20(24)26)3-2-4-18(19)23)21(27)25-11-9-15(10-12-25)14-5-7-16(22)8-6-14/h2-8,13,15H,9-12H2,1H3,(H2,24,26). The maximum absolute atomic E-state index is 13.0. The number of amides is 2. The van der Waals surface area contributed by atoms with Crippen LogP contribution < -0.4 is 5.73 Å². The Morgan fingerprint density at radius 2 is 1.70 bits per heavy atom. The second-order valence-electron chi connectivity index (χ2n) is 6.94. The van der Waals surface area contributed by atoms with Gasteiger partial charge in [-0.2, -0.15) is 0 Å². The van der Waals surface area contributed by atoms with Gasteiger partial charge in [-0.05, 0) is 61.1 Å². The lowest BCUT2D eigenvalue weighted by molar-refractivity contribution is -0.133. The summed E-state index contributed by atoms with van der Waals surface area (Å²) in [6.45, 7) is 3.13. The lowest BCUT2D eigenvalue weighted by atomic mass is 9.88. The minimum absolute atomic E-state index is 0.0276. The second kappa shape index (κ2) is 8.32. The van der Waals surface area contributed by atoms with Crippen molar-refractivity contribution >= 4 is 35.0 Å². The van der Waals surface area contributed by atoms with E-state index in [1.54, 1.807) is 25.1 Å². The first-order chi connectivity index (χ1) is 12.9. The first-order valence-electron chi connectivity index (χ1n) is 9.01. The van der Waals surface area contributed by atoms with Crippen molar-refractivity contribution in [3.05, 3.63) is 69.2 Å². The molecule has 27 heavy (non-hydrogen) atoms. The van der Waals surface area contributed by atoms with Crippen molar-refractivity contribution in [1.82, 2.24) is 4.90 Å². The summed E-state index contributed by atoms with van der Waals surface area (Å²) in [5.41, 5.74) is 7.53. The second-order valence-corrected chi connectivity index (χ2v) is 7.78. The zero-order chi connectivity index (χ0) is 19.6. The summed E-state index contributed by atoms with van der Waals surface area (Å²) < 4.78 is 0. The normalized spacial score (nSPS) is 16.2. The number of rotatable bonds is 4. The lowest BCUT2D eigenvalue weighted by Crippen LogP contribution is -2.40. The van der Waals surface area contributed by atoms with Crippen LogP contribution in [0.3, 0.4) is 0 Å². The number of hydrogen-bond acceptors (Lipinski definition) is 2. The fraction of sp³-hybridized carbons (Fsp3) is 0.333. The summed E-state index contributed by atoms with van der Waals surface area (Å²) in [6, 6.07) is 12.9. The number of primary amides is 1. The molecule has 6 heteroatoms. The van der Waals surface area contributed by atoms with Gasteiger partial charge in [-0.3, -0.25) is 9.59 Å². The van der Waals surface area contributed by atoms with E-state index in [-0.39, 0.29) is 5.91 Å². The molecule has 1 atom stereocenters. The van der Waals surface area contributed by atoms with E-state index in [1.165, 1.54) is 5.56 Å². The Morgan fingerprint density at radius 1 is 1.07 bits per heavy atom. The van der Waals surface area contributed by atoms with Gasteiger partial charge in [0.2, 0.25) is 11.8 Å². The Kier molecular flexibility index (Phi) is 6.08. The predicted molar refractivity (Wildman–Crippen MR) is 108 cm³/mol. The average molecular weight is 405 g/mol. The summed E-state index contributed by atoms with van der Waals surface area (Å²) in [5.74, 6) is -0.704. The van der Waals surface area contributed by atoms with Crippen molar-refractivity contribution in [3.63, 3.8) is 0 Å². The molecule has 3 rings (SSSR count). The van der Waals surface area contributed by atoms with Crippen LogP contribution in [0.1, 0.15) is 53.1 Å². The Bertz CT molecular complexity index is 844. The van der Waals surface area contributed by atoms with Crippen LogP contribution in [0, 0.1) is 0 Å². The highest BCUT2D eigenvalue weighted by Gasteiger charge is 2.30. The third-order valence-corrected chi connectivity index (χ3v) is 5.85. The summed E-state index contributed by atoms with van der Waals surface area (Å²) in [6.07, 6.45) is 1.79. The SMILES string of the molecule is CC(C(=O)N1CCC(c2ccc(Cl)cc2)CC1)c1c(Cl)cccc1C(N)=O. The Morgan fingerprint density at radius 3 is 2.30 bits per heavy atom. The molecule has 1 fully saturated rings. The number of carbonyl (C=O) groups excluding carboxylic acids is 2. The molecule has 0 aliphatic carbocycles. The Labute approximate surface area is 169 Å². The molecule has 1 aliphatic heterocycles. The molecule has 0 aromatic heterocycles. The quantitative estimate of drug-likeness (QED) is 0.808. The Balaban J connectivity index is 1.71. The number of halogens is 2. The van der Waals surface area contributed by atoms with Crippen molar-refractivity contribution in [2.24, 2.45) is 5.73 Å². The van der Waals surface area contributed by atoms with Crippen molar-refractivity contribution in [2.45, 2.75) is 31.6 Å². The summed E-state index contributed by atoms with van der Waals surface area (Å²) >= 11 is 12.2. The fourth-order valence-corrected chi connectivity index (χ4v) is 4.22. The smallest absolute Gasteiger partial charge is 0.249 e. The molecule has 2 amide bonds. The molecule has 2 N–H and O–H groups in total. The van der Waals surface area contributed by atoms with E-state index < -0.39 is 11.8 Å². The molecule has 1 aliphatic rings. The van der Waals surface area contributed by atoms with Crippen LogP contribution in [0.25, 0.3) is 0 Å². The molecule has 0 bridgehead atoms. The number of hydrogen-bond donors (Lipinski definition) is 1. The van der Waals surface area contributed by atoms with Gasteiger partial charge in [0.05, 0.1) is 5.92 Å². The molecule has 2 aromatic carbocycles. The van der Waals surface area contributed by atoms with E-state index >= 15 is 0 Å². The molecular weight excluding hydrogens is 383 g/mol. The summed E-state index contributed by atoms with van der Waals surface area (Å²) in [4.78, 5) is 26.6. The number of nitrogens with zero attached hydrogens (tertiary/aromatic N) is 1. The molecule has 4 nitrogen and oxygen atoms in total. The number of likely N-dealkylation sites (tertiary alicyclic amines) is 1. The number of piperidine rings is 1. The molecule has 142 valence electrons. The predicted octanol–water partition coefficient (Wildman–Crippen LogP) is 4.60. The van der Waals surface area contributed by atoms with Crippen molar-refractivity contribution in [2.75, 3.05) is 13.1 Å². The number of carbonyl (C=O) groups is 2. The molecule has 1 heterocycles. The van der Waals surface area contributed by atoms with E-state index in [2.05, 4.69) is 12.1 Å². The highest BCUT2D eigenvalue weighted by atomic mass is 35.5. The largest absolute Gasteiger partial charge is 0.366 e. The lowest BCUT2D eigenvalue weighted by Gasteiger charge is -2.34. The summed E-state index contributed by atoms with van der Waals surface area (Å²) in [7, 11) is 0. The topological polar surface area (TPSA) is 63.4 Å². The highest BCUT2D eigenvalue weighted by molar-refractivity contribution is 6.32. The van der Waals surface area contributed by atoms with Crippen LogP contribution in [0.15, 0.2) is 42.5 Å². The molecule has 0 radical (unpaired) electrons. The van der Waals surface area contributed by atoms with Gasteiger partial charge < -0.3 is 10.6 Å². The van der Waals surface area contributed by atoms with Crippen LogP contribution in [0.2, 0.25) is 10.0 Å². The van der Waals surface area contributed by atoms with E-state index in [1.807, 2.05) is 17.0 Å². The van der Waals surface area contributed by atoms with Gasteiger partial charge in [0.25, 0.3) is 0 Å². The van der Waals surface area contributed by atoms with E-state index in [0.29, 0.717) is 35.2 Å². The molecule has 0 saturated carbocycles.